The van der Waals surface area contributed by atoms with E-state index in [9.17, 15) is 13.5 Å². The molecule has 5 rings (SSSR count). The standard InChI is InChI=1S/C23H21N3O5S/c1-30-22-10-14(9-15(12-27)25-22)21-11-18-20(8-7-17-19(24)13-31-23(17)18)26(21)32(28,29)16-5-3-2-4-6-16/h2-11,19,27H,12-13,24H2,1H3/t19-/m1/s1. The Morgan fingerprint density at radius 2 is 1.97 bits per heavy atom. The smallest absolute Gasteiger partial charge is 0.268 e. The molecule has 164 valence electrons. The number of rotatable bonds is 5. The van der Waals surface area contributed by atoms with Gasteiger partial charge >= 0.3 is 0 Å². The summed E-state index contributed by atoms with van der Waals surface area (Å²) in [5.74, 6) is 0.852. The van der Waals surface area contributed by atoms with Gasteiger partial charge in [-0.1, -0.05) is 24.3 Å². The molecule has 3 heterocycles. The van der Waals surface area contributed by atoms with Crippen molar-refractivity contribution in [1.82, 2.24) is 8.96 Å². The van der Waals surface area contributed by atoms with Crippen LogP contribution in [-0.4, -0.2) is 36.2 Å². The van der Waals surface area contributed by atoms with E-state index in [0.717, 1.165) is 5.56 Å². The fourth-order valence-corrected chi connectivity index (χ4v) is 5.56. The molecule has 9 heteroatoms. The number of hydrogen-bond donors (Lipinski definition) is 2. The molecule has 1 aliphatic heterocycles. The average molecular weight is 452 g/mol. The third-order valence-corrected chi connectivity index (χ3v) is 7.27. The zero-order chi connectivity index (χ0) is 22.5. The first kappa shape index (κ1) is 20.5. The maximum absolute atomic E-state index is 13.8. The fourth-order valence-electron chi connectivity index (χ4n) is 4.01. The van der Waals surface area contributed by atoms with Gasteiger partial charge in [-0.25, -0.2) is 17.4 Å². The highest BCUT2D eigenvalue weighted by atomic mass is 32.2. The zero-order valence-corrected chi connectivity index (χ0v) is 18.0. The average Bonchev–Trinajstić information content (AvgIpc) is 3.40. The molecular formula is C23H21N3O5S. The van der Waals surface area contributed by atoms with Crippen LogP contribution in [0.3, 0.4) is 0 Å². The van der Waals surface area contributed by atoms with Crippen LogP contribution in [-0.2, 0) is 16.6 Å². The molecule has 1 atom stereocenters. The van der Waals surface area contributed by atoms with Crippen LogP contribution < -0.4 is 15.2 Å². The number of hydrogen-bond acceptors (Lipinski definition) is 7. The quantitative estimate of drug-likeness (QED) is 0.479. The highest BCUT2D eigenvalue weighted by Crippen LogP contribution is 2.42. The third kappa shape index (κ3) is 3.13. The van der Waals surface area contributed by atoms with Gasteiger partial charge in [0.15, 0.2) is 0 Å². The summed E-state index contributed by atoms with van der Waals surface area (Å²) in [6.07, 6.45) is 0. The van der Waals surface area contributed by atoms with Gasteiger partial charge in [-0.15, -0.1) is 0 Å². The minimum absolute atomic E-state index is 0.153. The van der Waals surface area contributed by atoms with Crippen LogP contribution in [0.15, 0.2) is 65.6 Å². The molecule has 2 aromatic carbocycles. The number of fused-ring (bicyclic) bond motifs is 3. The maximum atomic E-state index is 13.8. The van der Waals surface area contributed by atoms with Gasteiger partial charge in [0.25, 0.3) is 10.0 Å². The number of aromatic nitrogens is 2. The van der Waals surface area contributed by atoms with Crippen LogP contribution in [0.5, 0.6) is 11.6 Å². The molecule has 0 fully saturated rings. The summed E-state index contributed by atoms with van der Waals surface area (Å²) in [7, 11) is -2.50. The molecule has 32 heavy (non-hydrogen) atoms. The zero-order valence-electron chi connectivity index (χ0n) is 17.2. The lowest BCUT2D eigenvalue weighted by molar-refractivity contribution is 0.274. The predicted molar refractivity (Wildman–Crippen MR) is 119 cm³/mol. The number of nitrogens with zero attached hydrogens (tertiary/aromatic N) is 2. The van der Waals surface area contributed by atoms with Gasteiger partial charge in [-0.2, -0.15) is 0 Å². The third-order valence-electron chi connectivity index (χ3n) is 5.53. The molecule has 0 saturated carbocycles. The van der Waals surface area contributed by atoms with Gasteiger partial charge in [-0.05, 0) is 30.3 Å². The molecule has 0 amide bonds. The Hall–Kier alpha value is -3.40. The van der Waals surface area contributed by atoms with E-state index >= 15 is 0 Å². The summed E-state index contributed by atoms with van der Waals surface area (Å²) in [5, 5.41) is 10.3. The molecule has 0 radical (unpaired) electrons. The number of aliphatic hydroxyl groups is 1. The van der Waals surface area contributed by atoms with Crippen LogP contribution in [0.25, 0.3) is 22.2 Å². The van der Waals surface area contributed by atoms with E-state index in [4.69, 9.17) is 15.2 Å². The van der Waals surface area contributed by atoms with E-state index in [2.05, 4.69) is 4.98 Å². The second-order valence-electron chi connectivity index (χ2n) is 7.49. The minimum atomic E-state index is -3.96. The summed E-state index contributed by atoms with van der Waals surface area (Å²) < 4.78 is 39.9. The lowest BCUT2D eigenvalue weighted by Gasteiger charge is -2.13. The van der Waals surface area contributed by atoms with E-state index < -0.39 is 10.0 Å². The van der Waals surface area contributed by atoms with Gasteiger partial charge in [0.2, 0.25) is 5.88 Å². The van der Waals surface area contributed by atoms with Crippen LogP contribution in [0.1, 0.15) is 17.3 Å². The SMILES string of the molecule is COc1cc(-c2cc3c4c(ccc3n2S(=O)(=O)c2ccccc2)[C@H](N)CO4)cc(CO)n1. The Bertz CT molecular complexity index is 1410. The topological polar surface area (TPSA) is 117 Å². The second-order valence-corrected chi connectivity index (χ2v) is 9.28. The van der Waals surface area contributed by atoms with Gasteiger partial charge < -0.3 is 20.3 Å². The van der Waals surface area contributed by atoms with Crippen molar-refractivity contribution >= 4 is 20.9 Å². The molecule has 0 spiro atoms. The lowest BCUT2D eigenvalue weighted by Crippen LogP contribution is -2.14. The highest BCUT2D eigenvalue weighted by molar-refractivity contribution is 7.90. The Kier molecular flexibility index (Phi) is 4.89. The van der Waals surface area contributed by atoms with Crippen molar-refractivity contribution in [1.29, 1.82) is 0 Å². The number of methoxy groups -OCH3 is 1. The van der Waals surface area contributed by atoms with Crippen LogP contribution in [0, 0.1) is 0 Å². The maximum Gasteiger partial charge on any atom is 0.268 e. The molecular weight excluding hydrogens is 430 g/mol. The summed E-state index contributed by atoms with van der Waals surface area (Å²) in [6, 6.07) is 16.6. The number of benzene rings is 2. The van der Waals surface area contributed by atoms with Gasteiger partial charge in [0.05, 0.1) is 41.6 Å². The van der Waals surface area contributed by atoms with Gasteiger partial charge in [0.1, 0.15) is 12.4 Å². The van der Waals surface area contributed by atoms with Gasteiger partial charge in [-0.3, -0.25) is 0 Å². The molecule has 0 unspecified atom stereocenters. The summed E-state index contributed by atoms with van der Waals surface area (Å²) in [6.45, 7) is 0.0152. The monoisotopic (exact) mass is 451 g/mol. The van der Waals surface area contributed by atoms with Crippen molar-refractivity contribution in [2.45, 2.75) is 17.5 Å². The van der Waals surface area contributed by atoms with Crippen molar-refractivity contribution in [3.63, 3.8) is 0 Å². The van der Waals surface area contributed by atoms with Crippen molar-refractivity contribution in [3.8, 4) is 22.9 Å². The van der Waals surface area contributed by atoms with Crippen LogP contribution in [0.2, 0.25) is 0 Å². The molecule has 3 N–H and O–H groups in total. The molecule has 0 aliphatic carbocycles. The van der Waals surface area contributed by atoms with Crippen molar-refractivity contribution < 1.29 is 23.0 Å². The fraction of sp³-hybridized carbons (Fsp3) is 0.174. The lowest BCUT2D eigenvalue weighted by atomic mass is 10.1. The largest absolute Gasteiger partial charge is 0.491 e. The Morgan fingerprint density at radius 1 is 1.19 bits per heavy atom. The molecule has 0 bridgehead atoms. The van der Waals surface area contributed by atoms with Gasteiger partial charge in [0, 0.05) is 22.6 Å². The van der Waals surface area contributed by atoms with Crippen LogP contribution >= 0.6 is 0 Å². The number of pyridine rings is 1. The molecule has 1 aliphatic rings. The van der Waals surface area contributed by atoms with Crippen molar-refractivity contribution in [2.24, 2.45) is 5.73 Å². The van der Waals surface area contributed by atoms with Crippen molar-refractivity contribution in [2.75, 3.05) is 13.7 Å². The summed E-state index contributed by atoms with van der Waals surface area (Å²) in [4.78, 5) is 4.35. The van der Waals surface area contributed by atoms with Crippen LogP contribution in [0.4, 0.5) is 0 Å². The molecule has 0 saturated heterocycles. The van der Waals surface area contributed by atoms with E-state index in [0.29, 0.717) is 40.2 Å². The normalized spacial score (nSPS) is 15.5. The van der Waals surface area contributed by atoms with E-state index in [1.54, 1.807) is 54.6 Å². The van der Waals surface area contributed by atoms with E-state index in [1.807, 2.05) is 6.07 Å². The first-order chi connectivity index (χ1) is 15.4. The van der Waals surface area contributed by atoms with E-state index in [1.165, 1.54) is 11.1 Å². The minimum Gasteiger partial charge on any atom is -0.491 e. The van der Waals surface area contributed by atoms with E-state index in [-0.39, 0.29) is 23.4 Å². The Balaban J connectivity index is 1.86. The Morgan fingerprint density at radius 3 is 2.69 bits per heavy atom. The first-order valence-electron chi connectivity index (χ1n) is 9.97. The number of aliphatic hydroxyl groups excluding tert-OH is 1. The molecule has 2 aromatic heterocycles. The summed E-state index contributed by atoms with van der Waals surface area (Å²) in [5.41, 5.74) is 8.74. The highest BCUT2D eigenvalue weighted by Gasteiger charge is 2.29. The first-order valence-corrected chi connectivity index (χ1v) is 11.4. The second kappa shape index (κ2) is 7.63. The molecule has 8 nitrogen and oxygen atoms in total. The predicted octanol–water partition coefficient (Wildman–Crippen LogP) is 2.83. The number of ether oxygens (including phenoxy) is 2. The Labute approximate surface area is 184 Å². The summed E-state index contributed by atoms with van der Waals surface area (Å²) >= 11 is 0. The number of nitrogens with two attached hydrogens (primary N) is 1. The molecule has 4 aromatic rings. The van der Waals surface area contributed by atoms with Crippen molar-refractivity contribution in [3.05, 3.63) is 71.9 Å².